The number of anilines is 1. The van der Waals surface area contributed by atoms with Crippen LogP contribution in [0.2, 0.25) is 5.02 Å². The summed E-state index contributed by atoms with van der Waals surface area (Å²) >= 11 is 5.94. The molecule has 0 aliphatic heterocycles. The number of amides is 1. The first-order chi connectivity index (χ1) is 14.5. The Morgan fingerprint density at radius 3 is 2.63 bits per heavy atom. The molecule has 4 rings (SSSR count). The molecule has 0 fully saturated rings. The number of carbonyl (C=O) groups is 1. The smallest absolute Gasteiger partial charge is 0.262 e. The number of carbonyl (C=O) groups excluding carboxylic acids is 1. The molecular weight excluding hydrogens is 404 g/mol. The van der Waals surface area contributed by atoms with Gasteiger partial charge in [0.05, 0.1) is 7.11 Å². The molecular formula is C23H19ClN2O4. The number of nitrogens with zero attached hydrogens (tertiary/aromatic N) is 1. The maximum absolute atomic E-state index is 12.3. The molecule has 1 N–H and O–H groups in total. The van der Waals surface area contributed by atoms with Crippen LogP contribution in [0.25, 0.3) is 22.6 Å². The zero-order valence-electron chi connectivity index (χ0n) is 16.4. The number of oxazole rings is 1. The highest BCUT2D eigenvalue weighted by Crippen LogP contribution is 2.27. The van der Waals surface area contributed by atoms with Crippen molar-refractivity contribution in [2.75, 3.05) is 19.0 Å². The largest absolute Gasteiger partial charge is 0.497 e. The van der Waals surface area contributed by atoms with Crippen LogP contribution in [0.3, 0.4) is 0 Å². The Hall–Kier alpha value is -3.51. The third-order valence-electron chi connectivity index (χ3n) is 4.50. The molecule has 0 saturated carbocycles. The number of ether oxygens (including phenoxy) is 2. The Kier molecular flexibility index (Phi) is 5.59. The van der Waals surface area contributed by atoms with E-state index >= 15 is 0 Å². The molecule has 0 aliphatic carbocycles. The average molecular weight is 423 g/mol. The number of benzene rings is 3. The highest BCUT2D eigenvalue weighted by Gasteiger charge is 2.11. The van der Waals surface area contributed by atoms with Crippen molar-refractivity contribution >= 4 is 34.3 Å². The van der Waals surface area contributed by atoms with Crippen molar-refractivity contribution in [3.63, 3.8) is 0 Å². The zero-order valence-corrected chi connectivity index (χ0v) is 17.2. The summed E-state index contributed by atoms with van der Waals surface area (Å²) in [7, 11) is 1.62. The quantitative estimate of drug-likeness (QED) is 0.445. The Morgan fingerprint density at radius 2 is 1.90 bits per heavy atom. The van der Waals surface area contributed by atoms with E-state index in [9.17, 15) is 4.79 Å². The molecule has 1 aromatic heterocycles. The van der Waals surface area contributed by atoms with Crippen LogP contribution in [-0.2, 0) is 4.79 Å². The SMILES string of the molecule is COc1ccc(-c2nc3cc(NC(=O)COc4ccc(Cl)cc4C)ccc3o2)cc1. The van der Waals surface area contributed by atoms with Gasteiger partial charge in [-0.2, -0.15) is 0 Å². The van der Waals surface area contributed by atoms with Crippen LogP contribution in [0, 0.1) is 6.92 Å². The van der Waals surface area contributed by atoms with Crippen molar-refractivity contribution in [2.24, 2.45) is 0 Å². The first-order valence-electron chi connectivity index (χ1n) is 9.25. The van der Waals surface area contributed by atoms with Gasteiger partial charge in [0, 0.05) is 16.3 Å². The number of aromatic nitrogens is 1. The number of nitrogens with one attached hydrogen (secondary N) is 1. The predicted molar refractivity (Wildman–Crippen MR) is 116 cm³/mol. The molecule has 3 aromatic carbocycles. The molecule has 0 radical (unpaired) electrons. The molecule has 152 valence electrons. The van der Waals surface area contributed by atoms with Gasteiger partial charge in [0.25, 0.3) is 5.91 Å². The first-order valence-corrected chi connectivity index (χ1v) is 9.63. The van der Waals surface area contributed by atoms with E-state index in [4.69, 9.17) is 25.5 Å². The predicted octanol–water partition coefficient (Wildman–Crippen LogP) is 5.48. The van der Waals surface area contributed by atoms with Gasteiger partial charge in [0.2, 0.25) is 5.89 Å². The van der Waals surface area contributed by atoms with E-state index < -0.39 is 0 Å². The van der Waals surface area contributed by atoms with Gasteiger partial charge in [-0.1, -0.05) is 11.6 Å². The number of hydrogen-bond acceptors (Lipinski definition) is 5. The Labute approximate surface area is 178 Å². The van der Waals surface area contributed by atoms with Gasteiger partial charge in [-0.05, 0) is 73.2 Å². The lowest BCUT2D eigenvalue weighted by atomic mass is 10.2. The van der Waals surface area contributed by atoms with Crippen molar-refractivity contribution in [3.8, 4) is 23.0 Å². The van der Waals surface area contributed by atoms with Gasteiger partial charge >= 0.3 is 0 Å². The molecule has 1 heterocycles. The van der Waals surface area contributed by atoms with Gasteiger partial charge in [0.1, 0.15) is 17.0 Å². The third kappa shape index (κ3) is 4.39. The van der Waals surface area contributed by atoms with Gasteiger partial charge in [-0.3, -0.25) is 4.79 Å². The Morgan fingerprint density at radius 1 is 1.10 bits per heavy atom. The van der Waals surface area contributed by atoms with E-state index in [1.807, 2.05) is 31.2 Å². The highest BCUT2D eigenvalue weighted by atomic mass is 35.5. The van der Waals surface area contributed by atoms with E-state index in [1.54, 1.807) is 43.5 Å². The molecule has 30 heavy (non-hydrogen) atoms. The van der Waals surface area contributed by atoms with E-state index in [0.29, 0.717) is 33.4 Å². The topological polar surface area (TPSA) is 73.6 Å². The standard InChI is InChI=1S/C23H19ClN2O4/c1-14-11-16(24)5-9-20(14)29-13-22(27)25-17-6-10-21-19(12-17)26-23(30-21)15-3-7-18(28-2)8-4-15/h3-12H,13H2,1-2H3,(H,25,27). The van der Waals surface area contributed by atoms with Gasteiger partial charge in [-0.25, -0.2) is 4.98 Å². The molecule has 0 bridgehead atoms. The lowest BCUT2D eigenvalue weighted by Crippen LogP contribution is -2.20. The number of aryl methyl sites for hydroxylation is 1. The summed E-state index contributed by atoms with van der Waals surface area (Å²) in [6.45, 7) is 1.76. The fraction of sp³-hybridized carbons (Fsp3) is 0.130. The van der Waals surface area contributed by atoms with Gasteiger partial charge in [0.15, 0.2) is 12.2 Å². The summed E-state index contributed by atoms with van der Waals surface area (Å²) in [5, 5.41) is 3.44. The van der Waals surface area contributed by atoms with Crippen molar-refractivity contribution in [1.29, 1.82) is 0 Å². The summed E-state index contributed by atoms with van der Waals surface area (Å²) in [5.41, 5.74) is 3.59. The number of halogens is 1. The van der Waals surface area contributed by atoms with Crippen molar-refractivity contribution in [2.45, 2.75) is 6.92 Å². The van der Waals surface area contributed by atoms with E-state index in [0.717, 1.165) is 16.9 Å². The minimum atomic E-state index is -0.275. The average Bonchev–Trinajstić information content (AvgIpc) is 3.16. The van der Waals surface area contributed by atoms with Crippen molar-refractivity contribution < 1.29 is 18.7 Å². The molecule has 0 aliphatic rings. The zero-order chi connectivity index (χ0) is 21.1. The number of fused-ring (bicyclic) bond motifs is 1. The monoisotopic (exact) mass is 422 g/mol. The van der Waals surface area contributed by atoms with Crippen LogP contribution in [0.15, 0.2) is 65.1 Å². The van der Waals surface area contributed by atoms with Gasteiger partial charge in [-0.15, -0.1) is 0 Å². The minimum absolute atomic E-state index is 0.115. The third-order valence-corrected chi connectivity index (χ3v) is 4.74. The lowest BCUT2D eigenvalue weighted by molar-refractivity contribution is -0.118. The number of rotatable bonds is 6. The van der Waals surface area contributed by atoms with Crippen LogP contribution in [0.5, 0.6) is 11.5 Å². The van der Waals surface area contributed by atoms with E-state index in [-0.39, 0.29) is 12.5 Å². The molecule has 0 atom stereocenters. The second-order valence-corrected chi connectivity index (χ2v) is 7.11. The van der Waals surface area contributed by atoms with E-state index in [1.165, 1.54) is 0 Å². The second-order valence-electron chi connectivity index (χ2n) is 6.68. The Bertz CT molecular complexity index is 1200. The molecule has 0 saturated heterocycles. The minimum Gasteiger partial charge on any atom is -0.497 e. The van der Waals surface area contributed by atoms with Crippen molar-refractivity contribution in [1.82, 2.24) is 4.98 Å². The van der Waals surface area contributed by atoms with Crippen LogP contribution in [0.4, 0.5) is 5.69 Å². The fourth-order valence-corrected chi connectivity index (χ4v) is 3.20. The second kappa shape index (κ2) is 8.47. The maximum Gasteiger partial charge on any atom is 0.262 e. The summed E-state index contributed by atoms with van der Waals surface area (Å²) in [6.07, 6.45) is 0. The lowest BCUT2D eigenvalue weighted by Gasteiger charge is -2.09. The van der Waals surface area contributed by atoms with Crippen LogP contribution in [-0.4, -0.2) is 24.6 Å². The van der Waals surface area contributed by atoms with Crippen LogP contribution in [0.1, 0.15) is 5.56 Å². The molecule has 0 spiro atoms. The van der Waals surface area contributed by atoms with Crippen LogP contribution < -0.4 is 14.8 Å². The van der Waals surface area contributed by atoms with Gasteiger partial charge < -0.3 is 19.2 Å². The van der Waals surface area contributed by atoms with E-state index in [2.05, 4.69) is 10.3 Å². The summed E-state index contributed by atoms with van der Waals surface area (Å²) in [4.78, 5) is 16.8. The normalized spacial score (nSPS) is 10.8. The van der Waals surface area contributed by atoms with Crippen molar-refractivity contribution in [3.05, 3.63) is 71.2 Å². The van der Waals surface area contributed by atoms with Crippen LogP contribution >= 0.6 is 11.6 Å². The number of methoxy groups -OCH3 is 1. The molecule has 6 nitrogen and oxygen atoms in total. The fourth-order valence-electron chi connectivity index (χ4n) is 2.98. The highest BCUT2D eigenvalue weighted by molar-refractivity contribution is 6.30. The molecule has 0 unspecified atom stereocenters. The summed E-state index contributed by atoms with van der Waals surface area (Å²) in [6, 6.07) is 18.0. The summed E-state index contributed by atoms with van der Waals surface area (Å²) in [5.74, 6) is 1.60. The molecule has 7 heteroatoms. The number of hydrogen-bond donors (Lipinski definition) is 1. The Balaban J connectivity index is 1.44. The first kappa shape index (κ1) is 19.8. The summed E-state index contributed by atoms with van der Waals surface area (Å²) < 4.78 is 16.6. The molecule has 1 amide bonds. The molecule has 4 aromatic rings. The maximum atomic E-state index is 12.3.